The molecule has 0 aliphatic heterocycles. The second-order valence-corrected chi connectivity index (χ2v) is 4.09. The third-order valence-corrected chi connectivity index (χ3v) is 2.74. The molecule has 2 N–H and O–H groups in total. The van der Waals surface area contributed by atoms with Crippen LogP contribution in [0.1, 0.15) is 51.9 Å². The number of rotatable bonds is 4. The Balaban J connectivity index is 2.27. The van der Waals surface area contributed by atoms with Crippen molar-refractivity contribution in [2.75, 3.05) is 0 Å². The Bertz CT molecular complexity index is 126. The van der Waals surface area contributed by atoms with Gasteiger partial charge in [0.2, 0.25) is 0 Å². The Labute approximate surface area is 74.6 Å². The summed E-state index contributed by atoms with van der Waals surface area (Å²) in [5.41, 5.74) is 0. The van der Waals surface area contributed by atoms with Crippen LogP contribution in [0, 0.1) is 5.92 Å². The first kappa shape index (κ1) is 10.0. The molecule has 2 heteroatoms. The van der Waals surface area contributed by atoms with E-state index in [1.165, 1.54) is 25.7 Å². The quantitative estimate of drug-likeness (QED) is 0.637. The van der Waals surface area contributed by atoms with Gasteiger partial charge in [-0.25, -0.2) is 0 Å². The van der Waals surface area contributed by atoms with Crippen molar-refractivity contribution in [2.45, 2.75) is 57.7 Å². The molecule has 0 saturated heterocycles. The molecule has 0 aromatic rings. The Morgan fingerprint density at radius 3 is 2.33 bits per heavy atom. The van der Waals surface area contributed by atoms with Crippen molar-refractivity contribution >= 4 is 0 Å². The van der Waals surface area contributed by atoms with E-state index in [9.17, 15) is 10.2 Å². The highest BCUT2D eigenvalue weighted by Crippen LogP contribution is 2.32. The van der Waals surface area contributed by atoms with Crippen molar-refractivity contribution in [1.29, 1.82) is 0 Å². The molecule has 1 saturated carbocycles. The molecule has 0 aromatic heterocycles. The monoisotopic (exact) mass is 172 g/mol. The highest BCUT2D eigenvalue weighted by Gasteiger charge is 2.28. The van der Waals surface area contributed by atoms with Crippen LogP contribution in [-0.4, -0.2) is 16.0 Å². The fraction of sp³-hybridized carbons (Fsp3) is 1.00. The van der Waals surface area contributed by atoms with Gasteiger partial charge in [0.1, 0.15) is 0 Å². The van der Waals surface area contributed by atoms with Gasteiger partial charge >= 0.3 is 0 Å². The van der Waals surface area contributed by atoms with Gasteiger partial charge in [-0.15, -0.1) is 0 Å². The minimum atomic E-state index is -1.39. The molecule has 0 bridgehead atoms. The van der Waals surface area contributed by atoms with Crippen LogP contribution in [0.2, 0.25) is 0 Å². The summed E-state index contributed by atoms with van der Waals surface area (Å²) >= 11 is 0. The minimum Gasteiger partial charge on any atom is -0.366 e. The Hall–Kier alpha value is -0.0800. The maximum Gasteiger partial charge on any atom is 0.162 e. The van der Waals surface area contributed by atoms with Crippen LogP contribution < -0.4 is 0 Å². The average Bonchev–Trinajstić information content (AvgIpc) is 2.38. The molecule has 0 heterocycles. The van der Waals surface area contributed by atoms with Gasteiger partial charge in [0.25, 0.3) is 0 Å². The fourth-order valence-corrected chi connectivity index (χ4v) is 2.18. The normalized spacial score (nSPS) is 20.2. The Morgan fingerprint density at radius 2 is 1.83 bits per heavy atom. The zero-order valence-corrected chi connectivity index (χ0v) is 7.92. The van der Waals surface area contributed by atoms with E-state index in [4.69, 9.17) is 0 Å². The smallest absolute Gasteiger partial charge is 0.162 e. The molecule has 1 aliphatic carbocycles. The lowest BCUT2D eigenvalue weighted by molar-refractivity contribution is -0.178. The van der Waals surface area contributed by atoms with Gasteiger partial charge < -0.3 is 10.2 Å². The average molecular weight is 172 g/mol. The molecule has 1 fully saturated rings. The lowest BCUT2D eigenvalue weighted by Gasteiger charge is -2.24. The van der Waals surface area contributed by atoms with E-state index >= 15 is 0 Å². The third kappa shape index (κ3) is 3.11. The zero-order chi connectivity index (χ0) is 9.03. The summed E-state index contributed by atoms with van der Waals surface area (Å²) in [5, 5.41) is 19.1. The van der Waals surface area contributed by atoms with E-state index < -0.39 is 5.79 Å². The van der Waals surface area contributed by atoms with Crippen molar-refractivity contribution in [1.82, 2.24) is 0 Å². The van der Waals surface area contributed by atoms with Crippen LogP contribution in [0.5, 0.6) is 0 Å². The summed E-state index contributed by atoms with van der Waals surface area (Å²) in [6.07, 6.45) is 6.86. The SMILES string of the molecule is CCCC(O)(O)CC1CCCC1. The van der Waals surface area contributed by atoms with Gasteiger partial charge in [0.15, 0.2) is 5.79 Å². The van der Waals surface area contributed by atoms with E-state index in [0.29, 0.717) is 18.8 Å². The largest absolute Gasteiger partial charge is 0.366 e. The Morgan fingerprint density at radius 1 is 1.25 bits per heavy atom. The highest BCUT2D eigenvalue weighted by molar-refractivity contribution is 4.74. The first-order chi connectivity index (χ1) is 5.64. The summed E-state index contributed by atoms with van der Waals surface area (Å²) in [4.78, 5) is 0. The molecule has 2 nitrogen and oxygen atoms in total. The van der Waals surface area contributed by atoms with E-state index in [2.05, 4.69) is 0 Å². The van der Waals surface area contributed by atoms with Crippen LogP contribution in [0.25, 0.3) is 0 Å². The van der Waals surface area contributed by atoms with E-state index in [0.717, 1.165) is 6.42 Å². The van der Waals surface area contributed by atoms with E-state index in [1.54, 1.807) is 0 Å². The van der Waals surface area contributed by atoms with E-state index in [-0.39, 0.29) is 0 Å². The number of aliphatic hydroxyl groups is 2. The Kier molecular flexibility index (Phi) is 3.53. The molecule has 0 atom stereocenters. The molecule has 0 spiro atoms. The standard InChI is InChI=1S/C10H20O2/c1-2-7-10(11,12)8-9-5-3-4-6-9/h9,11-12H,2-8H2,1H3. The summed E-state index contributed by atoms with van der Waals surface area (Å²) in [7, 11) is 0. The third-order valence-electron chi connectivity index (χ3n) is 2.74. The molecule has 0 unspecified atom stereocenters. The van der Waals surface area contributed by atoms with Crippen LogP contribution >= 0.6 is 0 Å². The molecular weight excluding hydrogens is 152 g/mol. The minimum absolute atomic E-state index is 0.517. The fourth-order valence-electron chi connectivity index (χ4n) is 2.18. The van der Waals surface area contributed by atoms with Gasteiger partial charge in [0.05, 0.1) is 0 Å². The summed E-state index contributed by atoms with van der Waals surface area (Å²) in [6, 6.07) is 0. The highest BCUT2D eigenvalue weighted by atomic mass is 16.5. The van der Waals surface area contributed by atoms with Crippen LogP contribution in [0.15, 0.2) is 0 Å². The molecule has 0 aromatic carbocycles. The van der Waals surface area contributed by atoms with Gasteiger partial charge in [0, 0.05) is 12.8 Å². The van der Waals surface area contributed by atoms with Crippen molar-refractivity contribution < 1.29 is 10.2 Å². The molecule has 0 radical (unpaired) electrons. The molecular formula is C10H20O2. The first-order valence-corrected chi connectivity index (χ1v) is 5.09. The summed E-state index contributed by atoms with van der Waals surface area (Å²) in [5.74, 6) is -0.824. The predicted octanol–water partition coefficient (Wildman–Crippen LogP) is 2.05. The van der Waals surface area contributed by atoms with Crippen LogP contribution in [-0.2, 0) is 0 Å². The first-order valence-electron chi connectivity index (χ1n) is 5.09. The molecule has 12 heavy (non-hydrogen) atoms. The maximum absolute atomic E-state index is 9.53. The zero-order valence-electron chi connectivity index (χ0n) is 7.92. The van der Waals surface area contributed by atoms with Crippen LogP contribution in [0.3, 0.4) is 0 Å². The van der Waals surface area contributed by atoms with Crippen molar-refractivity contribution in [3.8, 4) is 0 Å². The van der Waals surface area contributed by atoms with Crippen molar-refractivity contribution in [3.05, 3.63) is 0 Å². The van der Waals surface area contributed by atoms with Crippen molar-refractivity contribution in [3.63, 3.8) is 0 Å². The van der Waals surface area contributed by atoms with Gasteiger partial charge in [-0.1, -0.05) is 39.0 Å². The lowest BCUT2D eigenvalue weighted by atomic mass is 9.95. The predicted molar refractivity (Wildman–Crippen MR) is 48.7 cm³/mol. The van der Waals surface area contributed by atoms with Crippen LogP contribution in [0.4, 0.5) is 0 Å². The molecule has 72 valence electrons. The molecule has 1 aliphatic rings. The van der Waals surface area contributed by atoms with Gasteiger partial charge in [-0.3, -0.25) is 0 Å². The topological polar surface area (TPSA) is 40.5 Å². The molecule has 1 rings (SSSR count). The van der Waals surface area contributed by atoms with Gasteiger partial charge in [-0.05, 0) is 5.92 Å². The van der Waals surface area contributed by atoms with Gasteiger partial charge in [-0.2, -0.15) is 0 Å². The molecule has 0 amide bonds. The second-order valence-electron chi connectivity index (χ2n) is 4.09. The lowest BCUT2D eigenvalue weighted by Crippen LogP contribution is -2.30. The number of hydrogen-bond donors (Lipinski definition) is 2. The van der Waals surface area contributed by atoms with Crippen molar-refractivity contribution in [2.24, 2.45) is 5.92 Å². The van der Waals surface area contributed by atoms with E-state index in [1.807, 2.05) is 6.92 Å². The number of hydrogen-bond acceptors (Lipinski definition) is 2. The summed E-state index contributed by atoms with van der Waals surface area (Å²) in [6.45, 7) is 1.98. The second kappa shape index (κ2) is 4.24. The maximum atomic E-state index is 9.53. The summed E-state index contributed by atoms with van der Waals surface area (Å²) < 4.78 is 0.